The maximum absolute atomic E-state index is 11.2. The standard InChI is InChI=1S/C14H9BrN2OS/c15-11-3-5-12(6-4-11)17-8-10(9-18)14(16-17)13-2-1-7-19-13/h1-9H. The Morgan fingerprint density at radius 1 is 1.21 bits per heavy atom. The summed E-state index contributed by atoms with van der Waals surface area (Å²) in [5, 5.41) is 6.48. The summed E-state index contributed by atoms with van der Waals surface area (Å²) in [6.45, 7) is 0. The van der Waals surface area contributed by atoms with Gasteiger partial charge in [0.2, 0.25) is 0 Å². The van der Waals surface area contributed by atoms with Gasteiger partial charge in [-0.2, -0.15) is 5.10 Å². The van der Waals surface area contributed by atoms with Gasteiger partial charge in [-0.05, 0) is 35.7 Å². The number of hydrogen-bond donors (Lipinski definition) is 0. The molecule has 94 valence electrons. The van der Waals surface area contributed by atoms with Gasteiger partial charge in [0.25, 0.3) is 0 Å². The fourth-order valence-electron chi connectivity index (χ4n) is 1.80. The van der Waals surface area contributed by atoms with Gasteiger partial charge in [0.1, 0.15) is 5.69 Å². The summed E-state index contributed by atoms with van der Waals surface area (Å²) in [6, 6.07) is 11.7. The summed E-state index contributed by atoms with van der Waals surface area (Å²) in [7, 11) is 0. The Balaban J connectivity index is 2.09. The Kier molecular flexibility index (Phi) is 3.31. The summed E-state index contributed by atoms with van der Waals surface area (Å²) < 4.78 is 2.74. The SMILES string of the molecule is O=Cc1cn(-c2ccc(Br)cc2)nc1-c1cccs1. The zero-order valence-corrected chi connectivity index (χ0v) is 12.2. The summed E-state index contributed by atoms with van der Waals surface area (Å²) in [5.41, 5.74) is 2.26. The van der Waals surface area contributed by atoms with E-state index in [2.05, 4.69) is 21.0 Å². The molecule has 2 aromatic heterocycles. The summed E-state index contributed by atoms with van der Waals surface area (Å²) >= 11 is 4.97. The van der Waals surface area contributed by atoms with Gasteiger partial charge < -0.3 is 0 Å². The molecule has 1 aromatic carbocycles. The first-order valence-electron chi connectivity index (χ1n) is 5.62. The fraction of sp³-hybridized carbons (Fsp3) is 0. The number of benzene rings is 1. The zero-order valence-electron chi connectivity index (χ0n) is 9.79. The van der Waals surface area contributed by atoms with Gasteiger partial charge in [0.15, 0.2) is 6.29 Å². The zero-order chi connectivity index (χ0) is 13.2. The number of thiophene rings is 1. The molecule has 3 rings (SSSR count). The average molecular weight is 333 g/mol. The van der Waals surface area contributed by atoms with Gasteiger partial charge in [0, 0.05) is 10.7 Å². The number of aromatic nitrogens is 2. The first-order valence-corrected chi connectivity index (χ1v) is 7.30. The molecule has 0 spiro atoms. The van der Waals surface area contributed by atoms with Crippen LogP contribution < -0.4 is 0 Å². The monoisotopic (exact) mass is 332 g/mol. The molecule has 3 aromatic rings. The second-order valence-corrected chi connectivity index (χ2v) is 5.81. The van der Waals surface area contributed by atoms with Crippen LogP contribution in [0.15, 0.2) is 52.4 Å². The Morgan fingerprint density at radius 2 is 2.00 bits per heavy atom. The second kappa shape index (κ2) is 5.11. The molecule has 0 aliphatic heterocycles. The Morgan fingerprint density at radius 3 is 2.63 bits per heavy atom. The van der Waals surface area contributed by atoms with Crippen molar-refractivity contribution in [2.45, 2.75) is 0 Å². The maximum Gasteiger partial charge on any atom is 0.153 e. The molecule has 0 fully saturated rings. The lowest BCUT2D eigenvalue weighted by Crippen LogP contribution is -1.93. The number of halogens is 1. The number of carbonyl (C=O) groups excluding carboxylic acids is 1. The van der Waals surface area contributed by atoms with E-state index < -0.39 is 0 Å². The van der Waals surface area contributed by atoms with Gasteiger partial charge in [-0.3, -0.25) is 4.79 Å². The first kappa shape index (κ1) is 12.3. The smallest absolute Gasteiger partial charge is 0.153 e. The van der Waals surface area contributed by atoms with Crippen LogP contribution >= 0.6 is 27.3 Å². The lowest BCUT2D eigenvalue weighted by atomic mass is 10.2. The molecule has 0 saturated carbocycles. The molecule has 19 heavy (non-hydrogen) atoms. The minimum atomic E-state index is 0.602. The normalized spacial score (nSPS) is 10.6. The average Bonchev–Trinajstić information content (AvgIpc) is 3.08. The van der Waals surface area contributed by atoms with Crippen molar-refractivity contribution < 1.29 is 4.79 Å². The predicted molar refractivity (Wildman–Crippen MR) is 80.0 cm³/mol. The van der Waals surface area contributed by atoms with Crippen LogP contribution in [-0.4, -0.2) is 16.1 Å². The number of aldehydes is 1. The highest BCUT2D eigenvalue weighted by atomic mass is 79.9. The van der Waals surface area contributed by atoms with Crippen molar-refractivity contribution >= 4 is 33.6 Å². The Bertz CT molecular complexity index is 702. The summed E-state index contributed by atoms with van der Waals surface area (Å²) in [4.78, 5) is 12.2. The molecule has 0 saturated heterocycles. The van der Waals surface area contributed by atoms with Crippen molar-refractivity contribution in [3.63, 3.8) is 0 Å². The molecular formula is C14H9BrN2OS. The minimum absolute atomic E-state index is 0.602. The van der Waals surface area contributed by atoms with Crippen molar-refractivity contribution in [2.75, 3.05) is 0 Å². The topological polar surface area (TPSA) is 34.9 Å². The van der Waals surface area contributed by atoms with E-state index in [1.54, 1.807) is 22.2 Å². The third-order valence-electron chi connectivity index (χ3n) is 2.72. The quantitative estimate of drug-likeness (QED) is 0.674. The number of nitrogens with zero attached hydrogens (tertiary/aromatic N) is 2. The van der Waals surface area contributed by atoms with E-state index in [-0.39, 0.29) is 0 Å². The third-order valence-corrected chi connectivity index (χ3v) is 4.12. The van der Waals surface area contributed by atoms with Crippen molar-refractivity contribution in [3.05, 3.63) is 58.0 Å². The first-order chi connectivity index (χ1) is 9.28. The highest BCUT2D eigenvalue weighted by Gasteiger charge is 2.12. The van der Waals surface area contributed by atoms with E-state index in [4.69, 9.17) is 0 Å². The lowest BCUT2D eigenvalue weighted by Gasteiger charge is -2.00. The minimum Gasteiger partial charge on any atom is -0.298 e. The van der Waals surface area contributed by atoms with Crippen LogP contribution in [0.25, 0.3) is 16.3 Å². The third kappa shape index (κ3) is 2.39. The highest BCUT2D eigenvalue weighted by molar-refractivity contribution is 9.10. The molecular weight excluding hydrogens is 324 g/mol. The van der Waals surface area contributed by atoms with Crippen molar-refractivity contribution in [3.8, 4) is 16.3 Å². The van der Waals surface area contributed by atoms with Crippen LogP contribution in [0.2, 0.25) is 0 Å². The van der Waals surface area contributed by atoms with Crippen LogP contribution in [0.4, 0.5) is 0 Å². The van der Waals surface area contributed by atoms with Crippen molar-refractivity contribution in [1.82, 2.24) is 9.78 Å². The second-order valence-electron chi connectivity index (χ2n) is 3.95. The van der Waals surface area contributed by atoms with Gasteiger partial charge >= 0.3 is 0 Å². The van der Waals surface area contributed by atoms with E-state index in [0.29, 0.717) is 5.56 Å². The summed E-state index contributed by atoms with van der Waals surface area (Å²) in [5.74, 6) is 0. The van der Waals surface area contributed by atoms with E-state index in [0.717, 1.165) is 27.0 Å². The number of hydrogen-bond acceptors (Lipinski definition) is 3. The fourth-order valence-corrected chi connectivity index (χ4v) is 2.80. The highest BCUT2D eigenvalue weighted by Crippen LogP contribution is 2.26. The molecule has 0 radical (unpaired) electrons. The van der Waals surface area contributed by atoms with Gasteiger partial charge in [-0.1, -0.05) is 22.0 Å². The lowest BCUT2D eigenvalue weighted by molar-refractivity contribution is 0.112. The molecule has 0 unspecified atom stereocenters. The molecule has 5 heteroatoms. The van der Waals surface area contributed by atoms with Gasteiger partial charge in [-0.25, -0.2) is 4.68 Å². The van der Waals surface area contributed by atoms with Crippen molar-refractivity contribution in [1.29, 1.82) is 0 Å². The Hall–Kier alpha value is -1.72. The Labute approximate surface area is 122 Å². The van der Waals surface area contributed by atoms with E-state index in [9.17, 15) is 4.79 Å². The summed E-state index contributed by atoms with van der Waals surface area (Å²) in [6.07, 6.45) is 2.60. The van der Waals surface area contributed by atoms with Crippen LogP contribution in [0, 0.1) is 0 Å². The molecule has 0 amide bonds. The van der Waals surface area contributed by atoms with Crippen LogP contribution in [0.5, 0.6) is 0 Å². The maximum atomic E-state index is 11.2. The molecule has 0 aliphatic rings. The molecule has 0 N–H and O–H groups in total. The van der Waals surface area contributed by atoms with E-state index in [1.165, 1.54) is 0 Å². The van der Waals surface area contributed by atoms with Gasteiger partial charge in [-0.15, -0.1) is 11.3 Å². The predicted octanol–water partition coefficient (Wildman–Crippen LogP) is 4.18. The van der Waals surface area contributed by atoms with Crippen LogP contribution in [-0.2, 0) is 0 Å². The van der Waals surface area contributed by atoms with Crippen LogP contribution in [0.3, 0.4) is 0 Å². The molecule has 0 atom stereocenters. The van der Waals surface area contributed by atoms with E-state index >= 15 is 0 Å². The van der Waals surface area contributed by atoms with Gasteiger partial charge in [0.05, 0.1) is 16.1 Å². The van der Waals surface area contributed by atoms with Crippen LogP contribution in [0.1, 0.15) is 10.4 Å². The molecule has 2 heterocycles. The van der Waals surface area contributed by atoms with Crippen molar-refractivity contribution in [2.24, 2.45) is 0 Å². The molecule has 0 aliphatic carbocycles. The largest absolute Gasteiger partial charge is 0.298 e. The van der Waals surface area contributed by atoms with E-state index in [1.807, 2.05) is 41.8 Å². The number of carbonyl (C=O) groups is 1. The number of rotatable bonds is 3. The molecule has 3 nitrogen and oxygen atoms in total. The molecule has 0 bridgehead atoms.